The molecule has 72 valence electrons. The van der Waals surface area contributed by atoms with Gasteiger partial charge in [0.15, 0.2) is 0 Å². The van der Waals surface area contributed by atoms with E-state index in [0.29, 0.717) is 0 Å². The number of aliphatic hydroxyl groups excluding tert-OH is 4. The molecule has 0 unspecified atom stereocenters. The number of likely N-dealkylation sites (tertiary alicyclic amines) is 1. The van der Waals surface area contributed by atoms with E-state index in [2.05, 4.69) is 0 Å². The molecule has 5 nitrogen and oxygen atoms in total. The number of piperidine rings is 1. The third-order valence-electron chi connectivity index (χ3n) is 2.37. The lowest BCUT2D eigenvalue weighted by molar-refractivity contribution is -0.138. The summed E-state index contributed by atoms with van der Waals surface area (Å²) < 4.78 is 0. The van der Waals surface area contributed by atoms with E-state index in [0.717, 1.165) is 0 Å². The molecule has 1 aliphatic heterocycles. The molecule has 0 bridgehead atoms. The maximum absolute atomic E-state index is 9.37. The molecule has 1 fully saturated rings. The second kappa shape index (κ2) is 3.68. The zero-order valence-electron chi connectivity index (χ0n) is 6.96. The van der Waals surface area contributed by atoms with Crippen molar-refractivity contribution in [3.05, 3.63) is 0 Å². The van der Waals surface area contributed by atoms with Gasteiger partial charge in [0.25, 0.3) is 0 Å². The van der Waals surface area contributed by atoms with Crippen LogP contribution in [-0.2, 0) is 0 Å². The van der Waals surface area contributed by atoms with Crippen molar-refractivity contribution in [2.24, 2.45) is 0 Å². The van der Waals surface area contributed by atoms with Gasteiger partial charge in [-0.1, -0.05) is 0 Å². The molecule has 0 aromatic rings. The van der Waals surface area contributed by atoms with Crippen molar-refractivity contribution in [1.82, 2.24) is 4.90 Å². The summed E-state index contributed by atoms with van der Waals surface area (Å²) in [5.74, 6) is 0. The number of nitrogens with zero attached hydrogens (tertiary/aromatic N) is 1. The van der Waals surface area contributed by atoms with Crippen LogP contribution in [0.1, 0.15) is 0 Å². The minimum Gasteiger partial charge on any atom is -0.395 e. The lowest BCUT2D eigenvalue weighted by Crippen LogP contribution is -2.61. The van der Waals surface area contributed by atoms with Gasteiger partial charge in [0.1, 0.15) is 12.2 Å². The molecule has 0 aromatic heterocycles. The van der Waals surface area contributed by atoms with Crippen molar-refractivity contribution < 1.29 is 20.4 Å². The predicted octanol–water partition coefficient (Wildman–Crippen LogP) is -2.62. The minimum atomic E-state index is -1.15. The Morgan fingerprint density at radius 1 is 1.25 bits per heavy atom. The second-order valence-electron chi connectivity index (χ2n) is 3.24. The maximum atomic E-state index is 9.37. The van der Waals surface area contributed by atoms with Crippen LogP contribution in [0, 0.1) is 0 Å². The van der Waals surface area contributed by atoms with E-state index in [-0.39, 0.29) is 13.2 Å². The highest BCUT2D eigenvalue weighted by molar-refractivity contribution is 4.92. The Balaban J connectivity index is 2.65. The van der Waals surface area contributed by atoms with Crippen LogP contribution in [0.5, 0.6) is 0 Å². The van der Waals surface area contributed by atoms with Crippen LogP contribution in [0.15, 0.2) is 0 Å². The molecule has 0 spiro atoms. The zero-order chi connectivity index (χ0) is 9.30. The Hall–Kier alpha value is -0.200. The molecular weight excluding hydrogens is 162 g/mol. The summed E-state index contributed by atoms with van der Waals surface area (Å²) >= 11 is 0. The highest BCUT2D eigenvalue weighted by Crippen LogP contribution is 2.16. The van der Waals surface area contributed by atoms with Gasteiger partial charge in [-0.2, -0.15) is 0 Å². The third kappa shape index (κ3) is 1.60. The Bertz CT molecular complexity index is 154. The molecule has 1 aliphatic rings. The summed E-state index contributed by atoms with van der Waals surface area (Å²) in [6, 6.07) is -0.483. The lowest BCUT2D eigenvalue weighted by Gasteiger charge is -2.40. The van der Waals surface area contributed by atoms with Crippen LogP contribution in [0.2, 0.25) is 0 Å². The number of likely N-dealkylation sites (N-methyl/N-ethyl adjacent to an activating group) is 1. The van der Waals surface area contributed by atoms with Crippen LogP contribution >= 0.6 is 0 Å². The summed E-state index contributed by atoms with van der Waals surface area (Å²) in [6.45, 7) is 0.0465. The van der Waals surface area contributed by atoms with Gasteiger partial charge < -0.3 is 20.4 Å². The molecule has 0 aromatic carbocycles. The van der Waals surface area contributed by atoms with E-state index in [1.165, 1.54) is 0 Å². The van der Waals surface area contributed by atoms with Crippen LogP contribution < -0.4 is 0 Å². The van der Waals surface area contributed by atoms with Gasteiger partial charge in [-0.05, 0) is 7.05 Å². The van der Waals surface area contributed by atoms with E-state index < -0.39 is 24.4 Å². The molecule has 12 heavy (non-hydrogen) atoms. The molecule has 4 N–H and O–H groups in total. The van der Waals surface area contributed by atoms with Gasteiger partial charge in [-0.3, -0.25) is 4.90 Å². The summed E-state index contributed by atoms with van der Waals surface area (Å²) in [7, 11) is 1.68. The van der Waals surface area contributed by atoms with Crippen molar-refractivity contribution in [2.75, 3.05) is 20.2 Å². The van der Waals surface area contributed by atoms with Crippen LogP contribution in [0.25, 0.3) is 0 Å². The summed E-state index contributed by atoms with van der Waals surface area (Å²) in [5.41, 5.74) is 0. The molecule has 5 heteroatoms. The van der Waals surface area contributed by atoms with E-state index in [4.69, 9.17) is 5.11 Å². The van der Waals surface area contributed by atoms with Crippen molar-refractivity contribution in [3.8, 4) is 0 Å². The first-order valence-electron chi connectivity index (χ1n) is 3.93. The predicted molar refractivity (Wildman–Crippen MR) is 41.5 cm³/mol. The molecule has 0 amide bonds. The van der Waals surface area contributed by atoms with Crippen LogP contribution in [0.3, 0.4) is 0 Å². The molecule has 0 aliphatic carbocycles. The minimum absolute atomic E-state index is 0.221. The summed E-state index contributed by atoms with van der Waals surface area (Å²) in [6.07, 6.45) is -3.17. The molecule has 1 saturated heterocycles. The van der Waals surface area contributed by atoms with Crippen molar-refractivity contribution in [3.63, 3.8) is 0 Å². The fraction of sp³-hybridized carbons (Fsp3) is 1.00. The molecule has 0 radical (unpaired) electrons. The number of hydrogen-bond donors (Lipinski definition) is 4. The van der Waals surface area contributed by atoms with Gasteiger partial charge in [0.05, 0.1) is 18.8 Å². The second-order valence-corrected chi connectivity index (χ2v) is 3.24. The molecular formula is C7H15NO4. The first kappa shape index (κ1) is 9.88. The maximum Gasteiger partial charge on any atom is 0.109 e. The highest BCUT2D eigenvalue weighted by Gasteiger charge is 2.39. The monoisotopic (exact) mass is 177 g/mol. The van der Waals surface area contributed by atoms with Gasteiger partial charge >= 0.3 is 0 Å². The highest BCUT2D eigenvalue weighted by atomic mass is 16.4. The Kier molecular flexibility index (Phi) is 3.03. The van der Waals surface area contributed by atoms with Crippen LogP contribution in [0.4, 0.5) is 0 Å². The number of β-amino-alcohol motifs (C(OH)–C–C–N with tert-alkyl or cyclic N) is 1. The van der Waals surface area contributed by atoms with E-state index in [1.807, 2.05) is 0 Å². The third-order valence-corrected chi connectivity index (χ3v) is 2.37. The lowest BCUT2D eigenvalue weighted by atomic mass is 9.95. The van der Waals surface area contributed by atoms with E-state index in [9.17, 15) is 15.3 Å². The van der Waals surface area contributed by atoms with E-state index in [1.54, 1.807) is 11.9 Å². The average Bonchev–Trinajstić information content (AvgIpc) is 2.01. The molecule has 1 rings (SSSR count). The van der Waals surface area contributed by atoms with Crippen molar-refractivity contribution in [2.45, 2.75) is 24.4 Å². The fourth-order valence-corrected chi connectivity index (χ4v) is 1.50. The zero-order valence-corrected chi connectivity index (χ0v) is 6.96. The van der Waals surface area contributed by atoms with Crippen molar-refractivity contribution >= 4 is 0 Å². The van der Waals surface area contributed by atoms with Crippen molar-refractivity contribution in [1.29, 1.82) is 0 Å². The normalized spacial score (nSPS) is 44.8. The Labute approximate surface area is 70.9 Å². The molecule has 0 saturated carbocycles. The number of hydrogen-bond acceptors (Lipinski definition) is 5. The average molecular weight is 177 g/mol. The smallest absolute Gasteiger partial charge is 0.109 e. The van der Waals surface area contributed by atoms with Crippen LogP contribution in [-0.4, -0.2) is 69.9 Å². The summed E-state index contributed by atoms with van der Waals surface area (Å²) in [4.78, 5) is 1.63. The van der Waals surface area contributed by atoms with Gasteiger partial charge in [-0.15, -0.1) is 0 Å². The molecule has 4 atom stereocenters. The number of rotatable bonds is 1. The Morgan fingerprint density at radius 2 is 1.83 bits per heavy atom. The fourth-order valence-electron chi connectivity index (χ4n) is 1.50. The quantitative estimate of drug-likeness (QED) is 0.352. The van der Waals surface area contributed by atoms with Gasteiger partial charge in [-0.25, -0.2) is 0 Å². The first-order chi connectivity index (χ1) is 5.57. The molecule has 1 heterocycles. The standard InChI is InChI=1S/C7H15NO4/c1-8-2-5(10)7(12)6(11)4(8)3-9/h4-7,9-12H,2-3H2,1H3/t4-,5+,6+,7-/m1/s1. The Morgan fingerprint density at radius 3 is 2.33 bits per heavy atom. The summed E-state index contributed by atoms with van der Waals surface area (Å²) in [5, 5.41) is 36.6. The van der Waals surface area contributed by atoms with Gasteiger partial charge in [0.2, 0.25) is 0 Å². The number of aliphatic hydroxyl groups is 4. The van der Waals surface area contributed by atoms with Gasteiger partial charge in [0, 0.05) is 6.54 Å². The SMILES string of the molecule is CN1C[C@H](O)[C@@H](O)[C@@H](O)[C@H]1CO. The largest absolute Gasteiger partial charge is 0.395 e. The first-order valence-corrected chi connectivity index (χ1v) is 3.93. The topological polar surface area (TPSA) is 84.2 Å². The van der Waals surface area contributed by atoms with E-state index >= 15 is 0 Å².